The Bertz CT molecular complexity index is 871. The molecule has 0 bridgehead atoms. The number of carbonyl (C=O) groups excluding carboxylic acids is 1. The van der Waals surface area contributed by atoms with Crippen LogP contribution >= 0.6 is 0 Å². The zero-order chi connectivity index (χ0) is 17.9. The topological polar surface area (TPSA) is 59.3 Å². The molecule has 3 rings (SSSR count). The molecule has 8 heteroatoms. The summed E-state index contributed by atoms with van der Waals surface area (Å²) < 4.78 is 39.3. The highest BCUT2D eigenvalue weighted by Crippen LogP contribution is 2.29. The Morgan fingerprint density at radius 3 is 2.56 bits per heavy atom. The fourth-order valence-electron chi connectivity index (χ4n) is 2.43. The summed E-state index contributed by atoms with van der Waals surface area (Å²) in [6.45, 7) is 0. The lowest BCUT2D eigenvalue weighted by Gasteiger charge is -2.08. The average molecular weight is 348 g/mol. The van der Waals surface area contributed by atoms with E-state index in [-0.39, 0.29) is 12.3 Å². The van der Waals surface area contributed by atoms with Gasteiger partial charge in [0.1, 0.15) is 5.82 Å². The van der Waals surface area contributed by atoms with Crippen LogP contribution < -0.4 is 5.32 Å². The molecule has 3 aromatic rings. The second-order valence-electron chi connectivity index (χ2n) is 5.52. The van der Waals surface area contributed by atoms with Gasteiger partial charge in [-0.25, -0.2) is 0 Å². The molecule has 0 spiro atoms. The highest BCUT2D eigenvalue weighted by Gasteiger charge is 2.29. The number of anilines is 1. The van der Waals surface area contributed by atoms with Gasteiger partial charge in [0, 0.05) is 24.7 Å². The number of halogens is 3. The van der Waals surface area contributed by atoms with E-state index < -0.39 is 11.7 Å². The van der Waals surface area contributed by atoms with Crippen molar-refractivity contribution in [2.75, 3.05) is 5.32 Å². The molecule has 1 amide bonds. The van der Waals surface area contributed by atoms with Crippen LogP contribution in [0.3, 0.4) is 0 Å². The van der Waals surface area contributed by atoms with Gasteiger partial charge in [-0.2, -0.15) is 13.2 Å². The molecule has 0 saturated carbocycles. The average Bonchev–Trinajstić information content (AvgIpc) is 2.98. The summed E-state index contributed by atoms with van der Waals surface area (Å²) in [5.74, 6) is 0.506. The molecule has 0 saturated heterocycles. The Morgan fingerprint density at radius 1 is 1.08 bits per heavy atom. The zero-order valence-corrected chi connectivity index (χ0v) is 13.1. The van der Waals surface area contributed by atoms with Crippen LogP contribution in [0.4, 0.5) is 18.9 Å². The third kappa shape index (κ3) is 4.14. The maximum absolute atomic E-state index is 12.5. The van der Waals surface area contributed by atoms with E-state index in [9.17, 15) is 18.0 Å². The standard InChI is InChI=1S/C17H15F3N4O/c18-17(19,20)12-7-9-13(10-8-12)21-16(25)6-3-5-15-23-22-14-4-1-2-11-24(14)15/h1-2,4,7-11H,3,5-6H2,(H,21,25). The number of pyridine rings is 1. The van der Waals surface area contributed by atoms with E-state index in [4.69, 9.17) is 0 Å². The Morgan fingerprint density at radius 2 is 1.84 bits per heavy atom. The quantitative estimate of drug-likeness (QED) is 0.765. The lowest BCUT2D eigenvalue weighted by Crippen LogP contribution is -2.12. The molecule has 0 atom stereocenters. The number of hydrogen-bond acceptors (Lipinski definition) is 3. The van der Waals surface area contributed by atoms with Gasteiger partial charge in [0.05, 0.1) is 5.56 Å². The molecule has 0 aliphatic carbocycles. The zero-order valence-electron chi connectivity index (χ0n) is 13.1. The predicted octanol–water partition coefficient (Wildman–Crippen LogP) is 3.71. The van der Waals surface area contributed by atoms with E-state index in [2.05, 4.69) is 15.5 Å². The van der Waals surface area contributed by atoms with Crippen molar-refractivity contribution in [3.63, 3.8) is 0 Å². The van der Waals surface area contributed by atoms with Gasteiger partial charge >= 0.3 is 6.18 Å². The first-order chi connectivity index (χ1) is 11.9. The maximum atomic E-state index is 12.5. The van der Waals surface area contributed by atoms with Crippen molar-refractivity contribution in [2.24, 2.45) is 0 Å². The minimum Gasteiger partial charge on any atom is -0.326 e. The van der Waals surface area contributed by atoms with E-state index in [0.29, 0.717) is 18.5 Å². The second-order valence-corrected chi connectivity index (χ2v) is 5.52. The van der Waals surface area contributed by atoms with Crippen LogP contribution in [0, 0.1) is 0 Å². The third-order valence-corrected chi connectivity index (χ3v) is 3.68. The molecule has 5 nitrogen and oxygen atoms in total. The number of hydrogen-bond donors (Lipinski definition) is 1. The molecule has 0 fully saturated rings. The second kappa shape index (κ2) is 6.92. The third-order valence-electron chi connectivity index (χ3n) is 3.68. The minimum absolute atomic E-state index is 0.239. The molecule has 0 unspecified atom stereocenters. The van der Waals surface area contributed by atoms with Crippen molar-refractivity contribution >= 4 is 17.2 Å². The molecular weight excluding hydrogens is 333 g/mol. The van der Waals surface area contributed by atoms with Crippen molar-refractivity contribution in [1.82, 2.24) is 14.6 Å². The summed E-state index contributed by atoms with van der Waals surface area (Å²) in [7, 11) is 0. The van der Waals surface area contributed by atoms with Crippen molar-refractivity contribution < 1.29 is 18.0 Å². The van der Waals surface area contributed by atoms with Crippen molar-refractivity contribution in [1.29, 1.82) is 0 Å². The summed E-state index contributed by atoms with van der Waals surface area (Å²) in [4.78, 5) is 11.9. The van der Waals surface area contributed by atoms with Crippen molar-refractivity contribution in [2.45, 2.75) is 25.4 Å². The van der Waals surface area contributed by atoms with Crippen LogP contribution in [0.25, 0.3) is 5.65 Å². The first-order valence-corrected chi connectivity index (χ1v) is 7.69. The smallest absolute Gasteiger partial charge is 0.326 e. The van der Waals surface area contributed by atoms with Crippen molar-refractivity contribution in [3.05, 3.63) is 60.0 Å². The number of benzene rings is 1. The molecule has 1 aromatic carbocycles. The van der Waals surface area contributed by atoms with E-state index in [1.54, 1.807) is 0 Å². The largest absolute Gasteiger partial charge is 0.416 e. The minimum atomic E-state index is -4.39. The molecule has 2 heterocycles. The Hall–Kier alpha value is -2.90. The van der Waals surface area contributed by atoms with E-state index >= 15 is 0 Å². The summed E-state index contributed by atoms with van der Waals surface area (Å²) in [5.41, 5.74) is 0.335. The van der Waals surface area contributed by atoms with Gasteiger partial charge in [0.2, 0.25) is 5.91 Å². The Kier molecular flexibility index (Phi) is 4.69. The van der Waals surface area contributed by atoms with E-state index in [0.717, 1.165) is 23.6 Å². The first-order valence-electron chi connectivity index (χ1n) is 7.69. The van der Waals surface area contributed by atoms with Gasteiger partial charge in [-0.05, 0) is 42.8 Å². The van der Waals surface area contributed by atoms with Crippen LogP contribution in [-0.4, -0.2) is 20.5 Å². The Labute approximate surface area is 141 Å². The SMILES string of the molecule is O=C(CCCc1nnc2ccccn12)Nc1ccc(C(F)(F)F)cc1. The number of aryl methyl sites for hydroxylation is 1. The molecule has 0 radical (unpaired) electrons. The normalized spacial score (nSPS) is 11.6. The van der Waals surface area contributed by atoms with Gasteiger partial charge in [0.25, 0.3) is 0 Å². The molecule has 0 aliphatic rings. The summed E-state index contributed by atoms with van der Waals surface area (Å²) >= 11 is 0. The highest BCUT2D eigenvalue weighted by atomic mass is 19.4. The van der Waals surface area contributed by atoms with Gasteiger partial charge in [-0.3, -0.25) is 9.20 Å². The van der Waals surface area contributed by atoms with Gasteiger partial charge in [-0.1, -0.05) is 6.07 Å². The van der Waals surface area contributed by atoms with Crippen LogP contribution in [0.15, 0.2) is 48.7 Å². The number of rotatable bonds is 5. The number of nitrogens with zero attached hydrogens (tertiary/aromatic N) is 3. The number of alkyl halides is 3. The van der Waals surface area contributed by atoms with E-state index in [1.807, 2.05) is 28.8 Å². The number of aromatic nitrogens is 3. The van der Waals surface area contributed by atoms with Crippen LogP contribution in [0.1, 0.15) is 24.2 Å². The molecule has 130 valence electrons. The predicted molar refractivity (Wildman–Crippen MR) is 86.0 cm³/mol. The van der Waals surface area contributed by atoms with Gasteiger partial charge < -0.3 is 5.32 Å². The first kappa shape index (κ1) is 16.9. The lowest BCUT2D eigenvalue weighted by atomic mass is 10.2. The van der Waals surface area contributed by atoms with Gasteiger partial charge in [0.15, 0.2) is 5.65 Å². The summed E-state index contributed by atoms with van der Waals surface area (Å²) in [6.07, 6.45) is -1.16. The number of nitrogens with one attached hydrogen (secondary N) is 1. The van der Waals surface area contributed by atoms with E-state index in [1.165, 1.54) is 12.1 Å². The number of fused-ring (bicyclic) bond motifs is 1. The molecule has 25 heavy (non-hydrogen) atoms. The molecule has 0 aliphatic heterocycles. The maximum Gasteiger partial charge on any atom is 0.416 e. The van der Waals surface area contributed by atoms with Crippen LogP contribution in [0.5, 0.6) is 0 Å². The van der Waals surface area contributed by atoms with Crippen molar-refractivity contribution in [3.8, 4) is 0 Å². The lowest BCUT2D eigenvalue weighted by molar-refractivity contribution is -0.137. The molecule has 2 aromatic heterocycles. The van der Waals surface area contributed by atoms with Crippen LogP contribution in [-0.2, 0) is 17.4 Å². The highest BCUT2D eigenvalue weighted by molar-refractivity contribution is 5.90. The fourth-order valence-corrected chi connectivity index (χ4v) is 2.43. The summed E-state index contributed by atoms with van der Waals surface area (Å²) in [5, 5.41) is 10.7. The number of carbonyl (C=O) groups is 1. The van der Waals surface area contributed by atoms with Crippen LogP contribution in [0.2, 0.25) is 0 Å². The summed E-state index contributed by atoms with van der Waals surface area (Å²) in [6, 6.07) is 9.95. The monoisotopic (exact) mass is 348 g/mol. The Balaban J connectivity index is 1.51. The fraction of sp³-hybridized carbons (Fsp3) is 0.235. The van der Waals surface area contributed by atoms with Gasteiger partial charge in [-0.15, -0.1) is 10.2 Å². The number of amides is 1. The molecular formula is C17H15F3N4O. The molecule has 1 N–H and O–H groups in total.